The van der Waals surface area contributed by atoms with E-state index in [0.29, 0.717) is 0 Å². The summed E-state index contributed by atoms with van der Waals surface area (Å²) in [7, 11) is 0. The van der Waals surface area contributed by atoms with Crippen molar-refractivity contribution in [2.24, 2.45) is 0 Å². The molecular weight excluding hydrogens is 436 g/mol. The van der Waals surface area contributed by atoms with Crippen LogP contribution in [0.4, 0.5) is 70.2 Å². The lowest BCUT2D eigenvalue weighted by molar-refractivity contribution is -0.572. The first-order valence-corrected chi connectivity index (χ1v) is 5.00. The van der Waals surface area contributed by atoms with Gasteiger partial charge in [-0.05, 0) is 0 Å². The van der Waals surface area contributed by atoms with Crippen molar-refractivity contribution in [1.29, 1.82) is 0 Å². The molecule has 0 heterocycles. The van der Waals surface area contributed by atoms with Crippen LogP contribution < -0.4 is 0 Å². The third-order valence-electron chi connectivity index (χ3n) is 1.76. The van der Waals surface area contributed by atoms with Crippen LogP contribution in [0.25, 0.3) is 0 Å². The Labute approximate surface area is 129 Å². The number of hydrogen-bond donors (Lipinski definition) is 0. The van der Waals surface area contributed by atoms with Crippen LogP contribution in [0.3, 0.4) is 0 Å². The molecule has 0 N–H and O–H groups in total. The topological polar surface area (TPSA) is 27.7 Å². The summed E-state index contributed by atoms with van der Waals surface area (Å²) in [6.07, 6.45) is -50.2. The van der Waals surface area contributed by atoms with Crippen molar-refractivity contribution in [3.8, 4) is 0 Å². The summed E-state index contributed by atoms with van der Waals surface area (Å²) in [6.45, 7) is 0. The Morgan fingerprint density at radius 3 is 0.769 bits per heavy atom. The zero-order valence-corrected chi connectivity index (χ0v) is 10.8. The molecule has 0 amide bonds. The summed E-state index contributed by atoms with van der Waals surface area (Å²) in [6, 6.07) is 0. The Balaban J connectivity index is 5.62. The first-order valence-electron chi connectivity index (χ1n) is 5.00. The van der Waals surface area contributed by atoms with Crippen molar-refractivity contribution in [3.63, 3.8) is 0 Å². The normalized spacial score (nSPS) is 16.2. The molecule has 0 aromatic rings. The Hall–Kier alpha value is -1.24. The van der Waals surface area contributed by atoms with Gasteiger partial charge < -0.3 is 0 Å². The lowest BCUT2D eigenvalue weighted by atomic mass is 10.5. The monoisotopic (exact) mass is 436 g/mol. The highest BCUT2D eigenvalue weighted by atomic mass is 19.4. The van der Waals surface area contributed by atoms with Gasteiger partial charge in [-0.3, -0.25) is 0 Å². The van der Waals surface area contributed by atoms with E-state index >= 15 is 0 Å². The van der Waals surface area contributed by atoms with Crippen molar-refractivity contribution in [2.75, 3.05) is 0 Å². The molecule has 26 heavy (non-hydrogen) atoms. The van der Waals surface area contributed by atoms with Crippen LogP contribution in [0.2, 0.25) is 0 Å². The number of alkyl halides is 16. The molecular formula is C7F16O3. The molecule has 158 valence electrons. The van der Waals surface area contributed by atoms with E-state index in [4.69, 9.17) is 0 Å². The van der Waals surface area contributed by atoms with Gasteiger partial charge in [-0.2, -0.15) is 57.1 Å². The fourth-order valence-electron chi connectivity index (χ4n) is 0.763. The largest absolute Gasteiger partial charge is 0.527 e. The van der Waals surface area contributed by atoms with Gasteiger partial charge in [0, 0.05) is 0 Å². The molecule has 0 aliphatic rings. The number of hydrogen-bond acceptors (Lipinski definition) is 3. The van der Waals surface area contributed by atoms with E-state index in [2.05, 4.69) is 0 Å². The molecule has 0 spiro atoms. The molecule has 0 aliphatic heterocycles. The first kappa shape index (κ1) is 24.8. The summed E-state index contributed by atoms with van der Waals surface area (Å²) >= 11 is 0. The molecule has 0 saturated heterocycles. The highest BCUT2D eigenvalue weighted by Gasteiger charge is 2.76. The van der Waals surface area contributed by atoms with Gasteiger partial charge in [-0.25, -0.2) is 14.2 Å². The molecule has 0 bridgehead atoms. The standard InChI is InChI=1S/C7F16O3/c8-1(9,10)2(11,12)24-3(13,14)4(15,16)25-5(17,18)6(19,20)26-7(21,22)23. The van der Waals surface area contributed by atoms with Gasteiger partial charge in [0.05, 0.1) is 0 Å². The average Bonchev–Trinajstić information content (AvgIpc) is 2.19. The summed E-state index contributed by atoms with van der Waals surface area (Å²) in [4.78, 5) is 0. The Bertz CT molecular complexity index is 489. The quantitative estimate of drug-likeness (QED) is 0.522. The van der Waals surface area contributed by atoms with Gasteiger partial charge in [0.25, 0.3) is 0 Å². The molecule has 0 unspecified atom stereocenters. The van der Waals surface area contributed by atoms with E-state index in [1.807, 2.05) is 0 Å². The van der Waals surface area contributed by atoms with Crippen LogP contribution >= 0.6 is 0 Å². The van der Waals surface area contributed by atoms with Crippen molar-refractivity contribution in [3.05, 3.63) is 0 Å². The zero-order chi connectivity index (χ0) is 21.6. The highest BCUT2D eigenvalue weighted by Crippen LogP contribution is 2.50. The second-order valence-electron chi connectivity index (χ2n) is 3.83. The van der Waals surface area contributed by atoms with Gasteiger partial charge in [0.15, 0.2) is 0 Å². The molecule has 0 aromatic carbocycles. The van der Waals surface area contributed by atoms with Gasteiger partial charge in [0.1, 0.15) is 0 Å². The Kier molecular flexibility index (Phi) is 6.12. The van der Waals surface area contributed by atoms with E-state index in [1.54, 1.807) is 0 Å². The van der Waals surface area contributed by atoms with Crippen LogP contribution in [-0.4, -0.2) is 43.1 Å². The smallest absolute Gasteiger partial charge is 0.241 e. The Morgan fingerprint density at radius 2 is 0.538 bits per heavy atom. The van der Waals surface area contributed by atoms with E-state index in [1.165, 1.54) is 14.2 Å². The van der Waals surface area contributed by atoms with E-state index in [0.717, 1.165) is 0 Å². The molecule has 0 aromatic heterocycles. The second kappa shape index (κ2) is 6.43. The lowest BCUT2D eigenvalue weighted by Crippen LogP contribution is -2.58. The minimum atomic E-state index is -7.43. The molecule has 0 saturated carbocycles. The van der Waals surface area contributed by atoms with Gasteiger partial charge >= 0.3 is 43.1 Å². The summed E-state index contributed by atoms with van der Waals surface area (Å²) in [5.74, 6) is 0. The van der Waals surface area contributed by atoms with E-state index < -0.39 is 43.1 Å². The van der Waals surface area contributed by atoms with Gasteiger partial charge in [-0.15, -0.1) is 13.2 Å². The number of rotatable bonds is 7. The van der Waals surface area contributed by atoms with E-state index in [9.17, 15) is 70.2 Å². The minimum Gasteiger partial charge on any atom is -0.241 e. The number of halogens is 16. The van der Waals surface area contributed by atoms with Crippen molar-refractivity contribution >= 4 is 0 Å². The second-order valence-corrected chi connectivity index (χ2v) is 3.83. The lowest BCUT2D eigenvalue weighted by Gasteiger charge is -2.33. The first-order chi connectivity index (χ1) is 10.9. The minimum absolute atomic E-state index is 1.31. The zero-order valence-electron chi connectivity index (χ0n) is 10.8. The maximum absolute atomic E-state index is 12.6. The molecule has 0 atom stereocenters. The Morgan fingerprint density at radius 1 is 0.308 bits per heavy atom. The predicted molar refractivity (Wildman–Crippen MR) is 40.1 cm³/mol. The number of ether oxygens (including phenoxy) is 3. The van der Waals surface area contributed by atoms with Crippen LogP contribution in [0.1, 0.15) is 0 Å². The van der Waals surface area contributed by atoms with Crippen molar-refractivity contribution in [1.82, 2.24) is 0 Å². The maximum atomic E-state index is 12.6. The predicted octanol–water partition coefficient (Wildman–Crippen LogP) is 5.08. The molecule has 0 aliphatic carbocycles. The van der Waals surface area contributed by atoms with Crippen LogP contribution in [0.15, 0.2) is 0 Å². The van der Waals surface area contributed by atoms with Crippen LogP contribution in [0, 0.1) is 0 Å². The SMILES string of the molecule is FC(F)(F)OC(F)(F)C(F)(F)OC(F)(F)C(F)(F)OC(F)(F)C(F)(F)F. The summed E-state index contributed by atoms with van der Waals surface area (Å²) in [5.41, 5.74) is 0. The van der Waals surface area contributed by atoms with E-state index in [-0.39, 0.29) is 0 Å². The third kappa shape index (κ3) is 5.63. The molecule has 19 heteroatoms. The third-order valence-corrected chi connectivity index (χ3v) is 1.76. The fourth-order valence-corrected chi connectivity index (χ4v) is 0.763. The molecule has 0 fully saturated rings. The summed E-state index contributed by atoms with van der Waals surface area (Å²) in [5, 5.41) is 0. The van der Waals surface area contributed by atoms with Crippen LogP contribution in [0.5, 0.6) is 0 Å². The van der Waals surface area contributed by atoms with Crippen LogP contribution in [-0.2, 0) is 14.2 Å². The van der Waals surface area contributed by atoms with Gasteiger partial charge in [0.2, 0.25) is 0 Å². The van der Waals surface area contributed by atoms with Crippen molar-refractivity contribution < 1.29 is 84.5 Å². The van der Waals surface area contributed by atoms with Gasteiger partial charge in [-0.1, -0.05) is 0 Å². The molecule has 0 radical (unpaired) electrons. The maximum Gasteiger partial charge on any atom is 0.527 e. The van der Waals surface area contributed by atoms with Crippen molar-refractivity contribution in [2.45, 2.75) is 43.1 Å². The molecule has 3 nitrogen and oxygen atoms in total. The summed E-state index contributed by atoms with van der Waals surface area (Å²) < 4.78 is 197. The highest BCUT2D eigenvalue weighted by molar-refractivity contribution is 4.77. The average molecular weight is 436 g/mol. The molecule has 0 rings (SSSR count). The fraction of sp³-hybridized carbons (Fsp3) is 1.00.